The van der Waals surface area contributed by atoms with Crippen molar-refractivity contribution in [2.45, 2.75) is 46.1 Å². The summed E-state index contributed by atoms with van der Waals surface area (Å²) in [5.74, 6) is 1.13. The number of methoxy groups -OCH3 is 1. The molecular weight excluding hydrogens is 238 g/mol. The number of rotatable bonds is 6. The number of nitrogens with one attached hydrogen (secondary N) is 1. The molecule has 1 rings (SSSR count). The van der Waals surface area contributed by atoms with Crippen LogP contribution in [0.1, 0.15) is 45.6 Å². The van der Waals surface area contributed by atoms with Crippen LogP contribution in [0, 0.1) is 5.92 Å². The topological polar surface area (TPSA) is 38.3 Å². The van der Waals surface area contributed by atoms with Crippen LogP contribution in [-0.4, -0.2) is 19.1 Å². The Balaban J connectivity index is 2.89. The molecule has 0 fully saturated rings. The van der Waals surface area contributed by atoms with Gasteiger partial charge in [0.1, 0.15) is 5.75 Å². The van der Waals surface area contributed by atoms with Crippen molar-refractivity contribution in [3.8, 4) is 5.75 Å². The van der Waals surface area contributed by atoms with Crippen LogP contribution in [0.5, 0.6) is 5.75 Å². The maximum Gasteiger partial charge on any atom is 0.223 e. The minimum atomic E-state index is -0.0421. The van der Waals surface area contributed by atoms with Crippen molar-refractivity contribution >= 4 is 5.91 Å². The van der Waals surface area contributed by atoms with Gasteiger partial charge in [-0.2, -0.15) is 0 Å². The van der Waals surface area contributed by atoms with Crippen molar-refractivity contribution in [2.75, 3.05) is 7.11 Å². The quantitative estimate of drug-likeness (QED) is 0.854. The average molecular weight is 263 g/mol. The van der Waals surface area contributed by atoms with E-state index in [1.54, 1.807) is 7.11 Å². The minimum absolute atomic E-state index is 0.0421. The number of benzene rings is 1. The van der Waals surface area contributed by atoms with Gasteiger partial charge in [0.25, 0.3) is 0 Å². The number of ether oxygens (including phenoxy) is 1. The summed E-state index contributed by atoms with van der Waals surface area (Å²) >= 11 is 0. The van der Waals surface area contributed by atoms with Crippen LogP contribution in [0.2, 0.25) is 0 Å². The van der Waals surface area contributed by atoms with E-state index in [9.17, 15) is 4.79 Å². The van der Waals surface area contributed by atoms with E-state index in [1.807, 2.05) is 39.0 Å². The molecule has 1 amide bonds. The van der Waals surface area contributed by atoms with Gasteiger partial charge in [0.15, 0.2) is 0 Å². The van der Waals surface area contributed by atoms with Crippen LogP contribution >= 0.6 is 0 Å². The number of amides is 1. The first-order chi connectivity index (χ1) is 8.99. The number of hydrogen-bond acceptors (Lipinski definition) is 2. The molecule has 0 aromatic heterocycles. The van der Waals surface area contributed by atoms with Gasteiger partial charge in [-0.25, -0.2) is 0 Å². The van der Waals surface area contributed by atoms with Crippen LogP contribution in [0.15, 0.2) is 24.3 Å². The highest BCUT2D eigenvalue weighted by molar-refractivity contribution is 5.79. The van der Waals surface area contributed by atoms with Gasteiger partial charge in [-0.3, -0.25) is 4.79 Å². The molecule has 0 saturated carbocycles. The monoisotopic (exact) mass is 263 g/mol. The predicted octanol–water partition coefficient (Wildman–Crippen LogP) is 3.35. The fourth-order valence-electron chi connectivity index (χ4n) is 2.35. The smallest absolute Gasteiger partial charge is 0.223 e. The summed E-state index contributed by atoms with van der Waals surface area (Å²) in [5, 5.41) is 2.99. The molecule has 0 spiro atoms. The van der Waals surface area contributed by atoms with Gasteiger partial charge in [0, 0.05) is 12.0 Å². The van der Waals surface area contributed by atoms with E-state index in [4.69, 9.17) is 4.74 Å². The Bertz CT molecular complexity index is 415. The van der Waals surface area contributed by atoms with E-state index in [1.165, 1.54) is 0 Å². The summed E-state index contributed by atoms with van der Waals surface area (Å²) in [6, 6.07) is 8.17. The summed E-state index contributed by atoms with van der Waals surface area (Å²) in [4.78, 5) is 12.1. The standard InChI is InChI=1S/C16H25NO2/c1-6-15(12(4)16(18)17-11(2)3)13-8-7-9-14(10-13)19-5/h7-12,15H,6H2,1-5H3,(H,17,18). The lowest BCUT2D eigenvalue weighted by molar-refractivity contribution is -0.125. The second-order valence-corrected chi connectivity index (χ2v) is 5.24. The highest BCUT2D eigenvalue weighted by Crippen LogP contribution is 2.30. The van der Waals surface area contributed by atoms with Gasteiger partial charge in [-0.1, -0.05) is 26.0 Å². The number of hydrogen-bond donors (Lipinski definition) is 1. The summed E-state index contributed by atoms with van der Waals surface area (Å²) < 4.78 is 5.25. The van der Waals surface area contributed by atoms with E-state index in [0.717, 1.165) is 17.7 Å². The highest BCUT2D eigenvalue weighted by Gasteiger charge is 2.24. The van der Waals surface area contributed by atoms with Gasteiger partial charge in [0.05, 0.1) is 7.11 Å². The first-order valence-electron chi connectivity index (χ1n) is 6.93. The minimum Gasteiger partial charge on any atom is -0.497 e. The molecule has 3 nitrogen and oxygen atoms in total. The Labute approximate surface area is 116 Å². The molecule has 3 heteroatoms. The third-order valence-electron chi connectivity index (χ3n) is 3.41. The molecule has 106 valence electrons. The molecular formula is C16H25NO2. The van der Waals surface area contributed by atoms with Crippen molar-refractivity contribution < 1.29 is 9.53 Å². The maximum absolute atomic E-state index is 12.1. The molecule has 0 aliphatic rings. The Morgan fingerprint density at radius 1 is 1.32 bits per heavy atom. The molecule has 0 heterocycles. The van der Waals surface area contributed by atoms with Gasteiger partial charge in [0.2, 0.25) is 5.91 Å². The van der Waals surface area contributed by atoms with Gasteiger partial charge >= 0.3 is 0 Å². The average Bonchev–Trinajstić information content (AvgIpc) is 2.39. The SMILES string of the molecule is CCC(c1cccc(OC)c1)C(C)C(=O)NC(C)C. The van der Waals surface area contributed by atoms with Crippen molar-refractivity contribution in [1.82, 2.24) is 5.32 Å². The van der Waals surface area contributed by atoms with Gasteiger partial charge in [-0.05, 0) is 43.9 Å². The largest absolute Gasteiger partial charge is 0.497 e. The molecule has 1 aromatic carbocycles. The first-order valence-corrected chi connectivity index (χ1v) is 6.93. The molecule has 0 aliphatic carbocycles. The molecule has 19 heavy (non-hydrogen) atoms. The normalized spacial score (nSPS) is 14.0. The third kappa shape index (κ3) is 4.27. The van der Waals surface area contributed by atoms with Crippen LogP contribution < -0.4 is 10.1 Å². The van der Waals surface area contributed by atoms with Crippen LogP contribution in [-0.2, 0) is 4.79 Å². The molecule has 2 unspecified atom stereocenters. The van der Waals surface area contributed by atoms with Gasteiger partial charge < -0.3 is 10.1 Å². The highest BCUT2D eigenvalue weighted by atomic mass is 16.5. The zero-order chi connectivity index (χ0) is 14.4. The molecule has 2 atom stereocenters. The summed E-state index contributed by atoms with van der Waals surface area (Å²) in [6.45, 7) is 8.07. The lowest BCUT2D eigenvalue weighted by Crippen LogP contribution is -2.36. The summed E-state index contributed by atoms with van der Waals surface area (Å²) in [7, 11) is 1.66. The maximum atomic E-state index is 12.1. The zero-order valence-electron chi connectivity index (χ0n) is 12.6. The molecule has 0 bridgehead atoms. The van der Waals surface area contributed by atoms with E-state index in [-0.39, 0.29) is 23.8 Å². The lowest BCUT2D eigenvalue weighted by atomic mass is 9.84. The van der Waals surface area contributed by atoms with E-state index < -0.39 is 0 Å². The lowest BCUT2D eigenvalue weighted by Gasteiger charge is -2.24. The Morgan fingerprint density at radius 3 is 2.53 bits per heavy atom. The Morgan fingerprint density at radius 2 is 2.00 bits per heavy atom. The van der Waals surface area contributed by atoms with Crippen molar-refractivity contribution in [1.29, 1.82) is 0 Å². The zero-order valence-corrected chi connectivity index (χ0v) is 12.6. The molecule has 0 saturated heterocycles. The Hall–Kier alpha value is -1.51. The fourth-order valence-corrected chi connectivity index (χ4v) is 2.35. The summed E-state index contributed by atoms with van der Waals surface area (Å²) in [5.41, 5.74) is 1.16. The molecule has 1 N–H and O–H groups in total. The third-order valence-corrected chi connectivity index (χ3v) is 3.41. The van der Waals surface area contributed by atoms with Crippen LogP contribution in [0.25, 0.3) is 0 Å². The first kappa shape index (κ1) is 15.5. The second kappa shape index (κ2) is 7.17. The van der Waals surface area contributed by atoms with Crippen molar-refractivity contribution in [3.63, 3.8) is 0 Å². The fraction of sp³-hybridized carbons (Fsp3) is 0.562. The van der Waals surface area contributed by atoms with Gasteiger partial charge in [-0.15, -0.1) is 0 Å². The van der Waals surface area contributed by atoms with E-state index in [0.29, 0.717) is 0 Å². The molecule has 0 aliphatic heterocycles. The predicted molar refractivity (Wildman–Crippen MR) is 78.5 cm³/mol. The summed E-state index contributed by atoms with van der Waals surface area (Å²) in [6.07, 6.45) is 0.930. The molecule has 0 radical (unpaired) electrons. The van der Waals surface area contributed by atoms with Crippen molar-refractivity contribution in [3.05, 3.63) is 29.8 Å². The van der Waals surface area contributed by atoms with Crippen LogP contribution in [0.4, 0.5) is 0 Å². The van der Waals surface area contributed by atoms with Crippen LogP contribution in [0.3, 0.4) is 0 Å². The number of carbonyl (C=O) groups excluding carboxylic acids is 1. The second-order valence-electron chi connectivity index (χ2n) is 5.24. The van der Waals surface area contributed by atoms with E-state index in [2.05, 4.69) is 18.3 Å². The number of carbonyl (C=O) groups is 1. The van der Waals surface area contributed by atoms with E-state index >= 15 is 0 Å². The Kier molecular flexibility index (Phi) is 5.87. The molecule has 1 aromatic rings. The van der Waals surface area contributed by atoms with Crippen molar-refractivity contribution in [2.24, 2.45) is 5.92 Å².